The predicted molar refractivity (Wildman–Crippen MR) is 96.6 cm³/mol. The largest absolute Gasteiger partial charge is 0.465 e. The Morgan fingerprint density at radius 3 is 2.32 bits per heavy atom. The zero-order valence-electron chi connectivity index (χ0n) is 14.3. The highest BCUT2D eigenvalue weighted by molar-refractivity contribution is 7.19. The van der Waals surface area contributed by atoms with Crippen LogP contribution in [-0.2, 0) is 4.74 Å². The minimum absolute atomic E-state index is 0.136. The molecule has 0 bridgehead atoms. The number of fused-ring (bicyclic) bond motifs is 1. The van der Waals surface area contributed by atoms with Crippen molar-refractivity contribution in [2.24, 2.45) is 0 Å². The van der Waals surface area contributed by atoms with Gasteiger partial charge in [-0.1, -0.05) is 12.1 Å². The van der Waals surface area contributed by atoms with Gasteiger partial charge >= 0.3 is 5.97 Å². The summed E-state index contributed by atoms with van der Waals surface area (Å²) in [7, 11) is 1.32. The Morgan fingerprint density at radius 1 is 1.12 bits per heavy atom. The molecule has 0 radical (unpaired) electrons. The van der Waals surface area contributed by atoms with E-state index < -0.39 is 5.97 Å². The van der Waals surface area contributed by atoms with Gasteiger partial charge in [0.05, 0.1) is 18.2 Å². The Balaban J connectivity index is 2.24. The van der Waals surface area contributed by atoms with Crippen molar-refractivity contribution in [3.63, 3.8) is 0 Å². The fourth-order valence-corrected chi connectivity index (χ4v) is 3.91. The number of rotatable bonds is 3. The van der Waals surface area contributed by atoms with Crippen LogP contribution in [0.2, 0.25) is 0 Å². The molecule has 0 saturated carbocycles. The van der Waals surface area contributed by atoms with Crippen LogP contribution in [0.1, 0.15) is 38.1 Å². The number of hydrogen-bond acceptors (Lipinski definition) is 6. The summed E-state index contributed by atoms with van der Waals surface area (Å²) in [6.45, 7) is 4.95. The first kappa shape index (κ1) is 17.1. The SMILES string of the molecule is COC(=O)c1ccc(-c2oc3c(C(C)=O)c(C)sc3c(=O)c2C)cc1. The Kier molecular flexibility index (Phi) is 4.30. The lowest BCUT2D eigenvalue weighted by Gasteiger charge is -2.07. The molecule has 0 unspecified atom stereocenters. The first-order valence-electron chi connectivity index (χ1n) is 7.61. The molecule has 0 atom stereocenters. The molecule has 0 fully saturated rings. The van der Waals surface area contributed by atoms with Crippen molar-refractivity contribution in [1.29, 1.82) is 0 Å². The lowest BCUT2D eigenvalue weighted by molar-refractivity contribution is 0.0600. The van der Waals surface area contributed by atoms with Crippen molar-refractivity contribution in [3.8, 4) is 11.3 Å². The summed E-state index contributed by atoms with van der Waals surface area (Å²) in [6.07, 6.45) is 0. The molecular weight excluding hydrogens is 340 g/mol. The predicted octanol–water partition coefficient (Wildman–Crippen LogP) is 4.13. The first-order chi connectivity index (χ1) is 11.8. The summed E-state index contributed by atoms with van der Waals surface area (Å²) in [5, 5.41) is 0. The molecule has 3 rings (SSSR count). The lowest BCUT2D eigenvalue weighted by atomic mass is 10.0. The van der Waals surface area contributed by atoms with Crippen LogP contribution in [0.3, 0.4) is 0 Å². The van der Waals surface area contributed by atoms with Crippen LogP contribution in [0.4, 0.5) is 0 Å². The summed E-state index contributed by atoms with van der Waals surface area (Å²) in [6, 6.07) is 6.59. The van der Waals surface area contributed by atoms with Gasteiger partial charge in [0.25, 0.3) is 0 Å². The summed E-state index contributed by atoms with van der Waals surface area (Å²) >= 11 is 1.27. The molecule has 6 heteroatoms. The van der Waals surface area contributed by atoms with Gasteiger partial charge in [-0.2, -0.15) is 0 Å². The molecular formula is C19H16O5S. The summed E-state index contributed by atoms with van der Waals surface area (Å²) < 4.78 is 11.1. The molecule has 1 aromatic carbocycles. The Bertz CT molecular complexity index is 1050. The van der Waals surface area contributed by atoms with Gasteiger partial charge in [0.2, 0.25) is 5.43 Å². The molecule has 0 aliphatic heterocycles. The fourth-order valence-electron chi connectivity index (χ4n) is 2.78. The van der Waals surface area contributed by atoms with E-state index in [0.717, 1.165) is 4.88 Å². The number of methoxy groups -OCH3 is 1. The van der Waals surface area contributed by atoms with E-state index in [2.05, 4.69) is 4.74 Å². The quantitative estimate of drug-likeness (QED) is 0.521. The molecule has 0 saturated heterocycles. The van der Waals surface area contributed by atoms with Gasteiger partial charge < -0.3 is 9.15 Å². The van der Waals surface area contributed by atoms with E-state index in [9.17, 15) is 14.4 Å². The van der Waals surface area contributed by atoms with Crippen LogP contribution in [0.15, 0.2) is 33.5 Å². The van der Waals surface area contributed by atoms with E-state index in [1.165, 1.54) is 25.4 Å². The molecule has 25 heavy (non-hydrogen) atoms. The number of Topliss-reactive ketones (excluding diaryl/α,β-unsaturated/α-hetero) is 1. The molecule has 2 aromatic heterocycles. The Labute approximate surface area is 147 Å². The van der Waals surface area contributed by atoms with Gasteiger partial charge in [0, 0.05) is 16.0 Å². The first-order valence-corrected chi connectivity index (χ1v) is 8.43. The number of aryl methyl sites for hydroxylation is 1. The molecule has 128 valence electrons. The van der Waals surface area contributed by atoms with Crippen LogP contribution in [0, 0.1) is 13.8 Å². The molecule has 0 aliphatic rings. The molecule has 5 nitrogen and oxygen atoms in total. The Morgan fingerprint density at radius 2 is 1.76 bits per heavy atom. The third kappa shape index (κ3) is 2.78. The molecule has 2 heterocycles. The zero-order valence-corrected chi connectivity index (χ0v) is 15.1. The van der Waals surface area contributed by atoms with E-state index in [1.54, 1.807) is 38.1 Å². The standard InChI is InChI=1S/C19H16O5S/c1-9-15(21)18-17(14(10(2)20)11(3)25-18)24-16(9)12-5-7-13(8-6-12)19(22)23-4/h5-8H,1-4H3. The van der Waals surface area contributed by atoms with Crippen LogP contribution < -0.4 is 5.43 Å². The van der Waals surface area contributed by atoms with Crippen LogP contribution >= 0.6 is 11.3 Å². The van der Waals surface area contributed by atoms with Crippen molar-refractivity contribution in [2.75, 3.05) is 7.11 Å². The van der Waals surface area contributed by atoms with Gasteiger partial charge in [-0.3, -0.25) is 9.59 Å². The summed E-state index contributed by atoms with van der Waals surface area (Å²) in [5.41, 5.74) is 2.16. The minimum atomic E-state index is -0.437. The average Bonchev–Trinajstić information content (AvgIpc) is 2.94. The van der Waals surface area contributed by atoms with Crippen molar-refractivity contribution in [2.45, 2.75) is 20.8 Å². The van der Waals surface area contributed by atoms with Crippen molar-refractivity contribution < 1.29 is 18.7 Å². The molecule has 3 aromatic rings. The van der Waals surface area contributed by atoms with Gasteiger partial charge in [-0.05, 0) is 32.9 Å². The van der Waals surface area contributed by atoms with Crippen molar-refractivity contribution in [3.05, 3.63) is 56.1 Å². The monoisotopic (exact) mass is 356 g/mol. The van der Waals surface area contributed by atoms with Gasteiger partial charge in [0.1, 0.15) is 10.5 Å². The summed E-state index contributed by atoms with van der Waals surface area (Å²) in [4.78, 5) is 36.9. The number of carbonyl (C=O) groups excluding carboxylic acids is 2. The van der Waals surface area contributed by atoms with Crippen LogP contribution in [0.25, 0.3) is 21.6 Å². The summed E-state index contributed by atoms with van der Waals surface area (Å²) in [5.74, 6) is -0.176. The smallest absolute Gasteiger partial charge is 0.337 e. The highest BCUT2D eigenvalue weighted by Crippen LogP contribution is 2.33. The normalized spacial score (nSPS) is 10.9. The number of carbonyl (C=O) groups is 2. The number of esters is 1. The number of benzene rings is 1. The zero-order chi connectivity index (χ0) is 18.3. The lowest BCUT2D eigenvalue weighted by Crippen LogP contribution is -2.06. The molecule has 0 spiro atoms. The van der Waals surface area contributed by atoms with Crippen LogP contribution in [-0.4, -0.2) is 18.9 Å². The topological polar surface area (TPSA) is 73.6 Å². The van der Waals surface area contributed by atoms with E-state index in [4.69, 9.17) is 4.42 Å². The average molecular weight is 356 g/mol. The highest BCUT2D eigenvalue weighted by atomic mass is 32.1. The van der Waals surface area contributed by atoms with Crippen molar-refractivity contribution >= 4 is 33.4 Å². The van der Waals surface area contributed by atoms with Gasteiger partial charge in [-0.25, -0.2) is 4.79 Å². The number of ketones is 1. The molecule has 0 N–H and O–H groups in total. The number of ether oxygens (including phenoxy) is 1. The fraction of sp³-hybridized carbons (Fsp3) is 0.211. The van der Waals surface area contributed by atoms with E-state index >= 15 is 0 Å². The molecule has 0 aliphatic carbocycles. The van der Waals surface area contributed by atoms with Gasteiger partial charge in [-0.15, -0.1) is 11.3 Å². The highest BCUT2D eigenvalue weighted by Gasteiger charge is 2.21. The second kappa shape index (κ2) is 6.29. The third-order valence-corrected chi connectivity index (χ3v) is 5.14. The van der Waals surface area contributed by atoms with E-state index in [1.807, 2.05) is 0 Å². The maximum Gasteiger partial charge on any atom is 0.337 e. The maximum atomic E-state index is 12.7. The molecule has 0 amide bonds. The maximum absolute atomic E-state index is 12.7. The third-order valence-electron chi connectivity index (χ3n) is 4.05. The van der Waals surface area contributed by atoms with E-state index in [-0.39, 0.29) is 11.2 Å². The minimum Gasteiger partial charge on any atom is -0.465 e. The second-order valence-corrected chi connectivity index (χ2v) is 6.93. The second-order valence-electron chi connectivity index (χ2n) is 5.70. The number of thiophene rings is 1. The van der Waals surface area contributed by atoms with Gasteiger partial charge in [0.15, 0.2) is 11.4 Å². The van der Waals surface area contributed by atoms with E-state index in [0.29, 0.717) is 38.3 Å². The van der Waals surface area contributed by atoms with Crippen molar-refractivity contribution in [1.82, 2.24) is 0 Å². The number of hydrogen-bond donors (Lipinski definition) is 0. The Hall–Kier alpha value is -2.73. The van der Waals surface area contributed by atoms with Crippen LogP contribution in [0.5, 0.6) is 0 Å².